The van der Waals surface area contributed by atoms with Crippen LogP contribution in [0.3, 0.4) is 0 Å². The highest BCUT2D eigenvalue weighted by atomic mass is 35.5. The van der Waals surface area contributed by atoms with Gasteiger partial charge in [-0.15, -0.1) is 12.4 Å². The number of anilines is 1. The van der Waals surface area contributed by atoms with Crippen molar-refractivity contribution in [2.24, 2.45) is 0 Å². The van der Waals surface area contributed by atoms with E-state index in [-0.39, 0.29) is 18.5 Å². The van der Waals surface area contributed by atoms with Gasteiger partial charge in [-0.2, -0.15) is 0 Å². The van der Waals surface area contributed by atoms with Crippen molar-refractivity contribution in [2.75, 3.05) is 19.0 Å². The van der Waals surface area contributed by atoms with Gasteiger partial charge in [0.2, 0.25) is 0 Å². The standard InChI is InChI=1S/C23H31N5O2.ClH/c1-4-8-20-26-21-22(24-5-2)25-15-28(23(21)27-20)14-16-11-12-18(29-3)19(13-16)30-17-9-6-7-10-17;/h11-13,15,17,24H,4-10,14H2,1-3H3;1H. The van der Waals surface area contributed by atoms with Crippen molar-refractivity contribution >= 4 is 18.2 Å². The second-order valence-corrected chi connectivity index (χ2v) is 7.82. The number of nitrogens with zero attached hydrogens (tertiary/aromatic N) is 4. The maximum atomic E-state index is 6.26. The topological polar surface area (TPSA) is 74.1 Å². The summed E-state index contributed by atoms with van der Waals surface area (Å²) in [6.45, 7) is 5.64. The molecule has 8 heteroatoms. The van der Waals surface area contributed by atoms with Gasteiger partial charge in [0.1, 0.15) is 5.82 Å². The van der Waals surface area contributed by atoms with Crippen LogP contribution in [-0.2, 0) is 13.0 Å². The summed E-state index contributed by atoms with van der Waals surface area (Å²) in [6, 6.07) is 6.13. The molecule has 2 aliphatic heterocycles. The fourth-order valence-corrected chi connectivity index (χ4v) is 4.02. The number of aromatic nitrogens is 4. The number of ether oxygens (including phenoxy) is 2. The fraction of sp³-hybridized carbons (Fsp3) is 0.522. The maximum Gasteiger partial charge on any atom is 0.166 e. The van der Waals surface area contributed by atoms with E-state index in [1.54, 1.807) is 7.11 Å². The Labute approximate surface area is 190 Å². The summed E-state index contributed by atoms with van der Waals surface area (Å²) in [4.78, 5) is 14.1. The Morgan fingerprint density at radius 1 is 1.13 bits per heavy atom. The number of benzene rings is 1. The largest absolute Gasteiger partial charge is 0.493 e. The van der Waals surface area contributed by atoms with Gasteiger partial charge in [0.25, 0.3) is 0 Å². The SMILES string of the molecule is CCCc1nc2c(NCC)ncn(Cc3ccc(OC)c(OC4CCCC4)c3)c-2n1.Cl. The predicted molar refractivity (Wildman–Crippen MR) is 125 cm³/mol. The van der Waals surface area contributed by atoms with Crippen molar-refractivity contribution in [1.82, 2.24) is 19.5 Å². The molecule has 168 valence electrons. The molecule has 0 aromatic heterocycles. The number of halogens is 1. The first-order chi connectivity index (χ1) is 14.7. The summed E-state index contributed by atoms with van der Waals surface area (Å²) in [6.07, 6.45) is 8.70. The first kappa shape index (κ1) is 23.1. The molecule has 4 rings (SSSR count). The van der Waals surface area contributed by atoms with Crippen molar-refractivity contribution in [2.45, 2.75) is 65.0 Å². The highest BCUT2D eigenvalue weighted by Gasteiger charge is 2.21. The Bertz CT molecular complexity index is 955. The minimum absolute atomic E-state index is 0. The summed E-state index contributed by atoms with van der Waals surface area (Å²) < 4.78 is 13.9. The van der Waals surface area contributed by atoms with E-state index in [9.17, 15) is 0 Å². The molecule has 31 heavy (non-hydrogen) atoms. The Balaban J connectivity index is 0.00000272. The molecule has 1 N–H and O–H groups in total. The molecule has 3 aliphatic rings. The Hall–Kier alpha value is -2.54. The molecule has 0 bridgehead atoms. The number of fused-ring (bicyclic) bond motifs is 1. The quantitative estimate of drug-likeness (QED) is 0.501. The van der Waals surface area contributed by atoms with E-state index in [0.717, 1.165) is 72.5 Å². The normalized spacial score (nSPS) is 13.9. The minimum atomic E-state index is 0. The molecular formula is C23H32ClN5O2. The van der Waals surface area contributed by atoms with E-state index >= 15 is 0 Å². The van der Waals surface area contributed by atoms with Crippen LogP contribution in [0.2, 0.25) is 0 Å². The fourth-order valence-electron chi connectivity index (χ4n) is 4.02. The molecule has 1 aliphatic carbocycles. The minimum Gasteiger partial charge on any atom is -0.493 e. The first-order valence-electron chi connectivity index (χ1n) is 11.0. The van der Waals surface area contributed by atoms with Crippen molar-refractivity contribution in [3.8, 4) is 23.0 Å². The zero-order chi connectivity index (χ0) is 20.9. The predicted octanol–water partition coefficient (Wildman–Crippen LogP) is 4.96. The van der Waals surface area contributed by atoms with Crippen LogP contribution in [0.5, 0.6) is 11.5 Å². The number of aryl methyl sites for hydroxylation is 1. The van der Waals surface area contributed by atoms with Gasteiger partial charge >= 0.3 is 0 Å². The van der Waals surface area contributed by atoms with Gasteiger partial charge in [0.05, 0.1) is 26.1 Å². The zero-order valence-corrected chi connectivity index (χ0v) is 19.4. The Morgan fingerprint density at radius 3 is 2.65 bits per heavy atom. The van der Waals surface area contributed by atoms with E-state index in [0.29, 0.717) is 6.54 Å². The monoisotopic (exact) mass is 445 g/mol. The molecule has 0 spiro atoms. The smallest absolute Gasteiger partial charge is 0.166 e. The summed E-state index contributed by atoms with van der Waals surface area (Å²) in [5, 5.41) is 3.30. The van der Waals surface area contributed by atoms with Crippen LogP contribution < -0.4 is 14.8 Å². The highest BCUT2D eigenvalue weighted by molar-refractivity contribution is 5.85. The van der Waals surface area contributed by atoms with Gasteiger partial charge < -0.3 is 19.4 Å². The summed E-state index contributed by atoms with van der Waals surface area (Å²) in [5.41, 5.74) is 1.95. The van der Waals surface area contributed by atoms with E-state index in [1.807, 2.05) is 12.4 Å². The second-order valence-electron chi connectivity index (χ2n) is 7.82. The molecule has 2 heterocycles. The van der Waals surface area contributed by atoms with Crippen molar-refractivity contribution in [3.63, 3.8) is 0 Å². The lowest BCUT2D eigenvalue weighted by Gasteiger charge is -2.18. The molecule has 0 atom stereocenters. The number of methoxy groups -OCH3 is 1. The summed E-state index contributed by atoms with van der Waals surface area (Å²) >= 11 is 0. The first-order valence-corrected chi connectivity index (χ1v) is 11.0. The van der Waals surface area contributed by atoms with Crippen molar-refractivity contribution in [3.05, 3.63) is 35.9 Å². The summed E-state index contributed by atoms with van der Waals surface area (Å²) in [7, 11) is 1.69. The summed E-state index contributed by atoms with van der Waals surface area (Å²) in [5.74, 6) is 4.11. The van der Waals surface area contributed by atoms with Gasteiger partial charge in [-0.05, 0) is 56.7 Å². The third kappa shape index (κ3) is 5.21. The number of imidazole rings is 1. The van der Waals surface area contributed by atoms with Crippen LogP contribution in [0.25, 0.3) is 11.5 Å². The molecule has 1 aromatic carbocycles. The highest BCUT2D eigenvalue weighted by Crippen LogP contribution is 2.33. The third-order valence-electron chi connectivity index (χ3n) is 5.50. The number of nitrogens with one attached hydrogen (secondary N) is 1. The van der Waals surface area contributed by atoms with Gasteiger partial charge in [0.15, 0.2) is 28.8 Å². The van der Waals surface area contributed by atoms with Crippen molar-refractivity contribution in [1.29, 1.82) is 0 Å². The molecule has 1 fully saturated rings. The molecule has 1 aromatic rings. The lowest BCUT2D eigenvalue weighted by molar-refractivity contribution is 0.200. The van der Waals surface area contributed by atoms with Crippen molar-refractivity contribution < 1.29 is 9.47 Å². The van der Waals surface area contributed by atoms with Crippen LogP contribution in [-0.4, -0.2) is 39.3 Å². The molecule has 0 radical (unpaired) electrons. The number of rotatable bonds is 9. The van der Waals surface area contributed by atoms with Gasteiger partial charge in [-0.3, -0.25) is 0 Å². The lowest BCUT2D eigenvalue weighted by atomic mass is 10.2. The van der Waals surface area contributed by atoms with E-state index in [4.69, 9.17) is 19.4 Å². The van der Waals surface area contributed by atoms with Gasteiger partial charge in [-0.25, -0.2) is 15.0 Å². The molecule has 0 unspecified atom stereocenters. The van der Waals surface area contributed by atoms with E-state index in [2.05, 4.69) is 40.8 Å². The van der Waals surface area contributed by atoms with E-state index in [1.165, 1.54) is 12.8 Å². The number of hydrogen-bond donors (Lipinski definition) is 1. The lowest BCUT2D eigenvalue weighted by Crippen LogP contribution is -2.13. The third-order valence-corrected chi connectivity index (χ3v) is 5.50. The van der Waals surface area contributed by atoms with Crippen LogP contribution in [0.4, 0.5) is 5.82 Å². The Kier molecular flexibility index (Phi) is 7.96. The second kappa shape index (κ2) is 10.7. The number of hydrogen-bond acceptors (Lipinski definition) is 6. The molecule has 1 saturated carbocycles. The average molecular weight is 446 g/mol. The molecule has 0 amide bonds. The van der Waals surface area contributed by atoms with Gasteiger partial charge in [-0.1, -0.05) is 13.0 Å². The van der Waals surface area contributed by atoms with Crippen LogP contribution >= 0.6 is 12.4 Å². The maximum absolute atomic E-state index is 6.26. The average Bonchev–Trinajstić information content (AvgIpc) is 3.41. The molecule has 7 nitrogen and oxygen atoms in total. The zero-order valence-electron chi connectivity index (χ0n) is 18.6. The van der Waals surface area contributed by atoms with Crippen LogP contribution in [0.15, 0.2) is 24.5 Å². The van der Waals surface area contributed by atoms with Gasteiger partial charge in [0, 0.05) is 13.0 Å². The van der Waals surface area contributed by atoms with Crippen LogP contribution in [0.1, 0.15) is 57.3 Å². The molecule has 0 saturated heterocycles. The van der Waals surface area contributed by atoms with E-state index < -0.39 is 0 Å². The van der Waals surface area contributed by atoms with Crippen LogP contribution in [0, 0.1) is 0 Å². The molecular weight excluding hydrogens is 414 g/mol. The Morgan fingerprint density at radius 2 is 1.94 bits per heavy atom.